The first-order valence-corrected chi connectivity index (χ1v) is 7.93. The van der Waals surface area contributed by atoms with Crippen molar-refractivity contribution in [2.24, 2.45) is 7.05 Å². The Bertz CT molecular complexity index is 708. The van der Waals surface area contributed by atoms with Gasteiger partial charge in [-0.25, -0.2) is 0 Å². The van der Waals surface area contributed by atoms with Crippen LogP contribution in [0.5, 0.6) is 0 Å². The number of benzene rings is 1. The molecule has 1 atom stereocenters. The fourth-order valence-corrected chi connectivity index (χ4v) is 2.90. The van der Waals surface area contributed by atoms with E-state index in [2.05, 4.69) is 35.4 Å². The van der Waals surface area contributed by atoms with Gasteiger partial charge in [0, 0.05) is 13.0 Å². The second-order valence-corrected chi connectivity index (χ2v) is 6.11. The average molecular weight is 314 g/mol. The molecule has 1 aliphatic heterocycles. The van der Waals surface area contributed by atoms with Crippen molar-refractivity contribution in [3.8, 4) is 0 Å². The molecule has 0 bridgehead atoms. The van der Waals surface area contributed by atoms with Gasteiger partial charge < -0.3 is 14.6 Å². The number of carbonyl (C=O) groups excluding carboxylic acids is 1. The molecule has 0 spiro atoms. The molecule has 2 heterocycles. The van der Waals surface area contributed by atoms with Crippen molar-refractivity contribution in [3.05, 3.63) is 47.0 Å². The highest BCUT2D eigenvalue weighted by atomic mass is 16.5. The summed E-state index contributed by atoms with van der Waals surface area (Å²) >= 11 is 0. The van der Waals surface area contributed by atoms with Crippen LogP contribution in [-0.4, -0.2) is 27.3 Å². The van der Waals surface area contributed by atoms with Crippen molar-refractivity contribution >= 4 is 5.91 Å². The molecule has 23 heavy (non-hydrogen) atoms. The van der Waals surface area contributed by atoms with E-state index in [-0.39, 0.29) is 5.91 Å². The first-order valence-electron chi connectivity index (χ1n) is 7.93. The van der Waals surface area contributed by atoms with Crippen molar-refractivity contribution < 1.29 is 9.53 Å². The summed E-state index contributed by atoms with van der Waals surface area (Å²) in [5.41, 5.74) is 2.14. The lowest BCUT2D eigenvalue weighted by Crippen LogP contribution is -2.34. The predicted octanol–water partition coefficient (Wildman–Crippen LogP) is 1.87. The number of ether oxygens (including phenoxy) is 1. The third-order valence-electron chi connectivity index (χ3n) is 4.17. The van der Waals surface area contributed by atoms with Gasteiger partial charge in [0.25, 0.3) is 5.91 Å². The number of aromatic nitrogens is 3. The molecule has 0 fully saturated rings. The van der Waals surface area contributed by atoms with E-state index in [1.807, 2.05) is 29.8 Å². The van der Waals surface area contributed by atoms with E-state index in [1.165, 1.54) is 5.56 Å². The molecule has 0 saturated carbocycles. The van der Waals surface area contributed by atoms with Gasteiger partial charge in [0.15, 0.2) is 11.9 Å². The second-order valence-electron chi connectivity index (χ2n) is 6.11. The lowest BCUT2D eigenvalue weighted by molar-refractivity contribution is -0.134. The standard InChI is InChI=1S/C17H22N4O2/c1-11(2)16-20-19-14(21(16)3)10-18-17(22)15-13-7-5-4-6-12(13)8-9-23-15/h4-7,11,15H,8-10H2,1-3H3,(H,18,22)/t15-/m1/s1. The number of hydrogen-bond acceptors (Lipinski definition) is 4. The highest BCUT2D eigenvalue weighted by molar-refractivity contribution is 5.82. The Kier molecular flexibility index (Phi) is 4.43. The minimum atomic E-state index is -0.544. The molecule has 6 nitrogen and oxygen atoms in total. The molecule has 1 aromatic carbocycles. The Balaban J connectivity index is 1.69. The predicted molar refractivity (Wildman–Crippen MR) is 85.8 cm³/mol. The molecule has 0 unspecified atom stereocenters. The SMILES string of the molecule is CC(C)c1nnc(CNC(=O)[C@@H]2OCCc3ccccc32)n1C. The summed E-state index contributed by atoms with van der Waals surface area (Å²) in [7, 11) is 1.92. The third kappa shape index (κ3) is 3.12. The lowest BCUT2D eigenvalue weighted by Gasteiger charge is -2.25. The van der Waals surface area contributed by atoms with Crippen LogP contribution in [-0.2, 0) is 29.5 Å². The summed E-state index contributed by atoms with van der Waals surface area (Å²) in [5.74, 6) is 1.82. The number of rotatable bonds is 4. The largest absolute Gasteiger partial charge is 0.363 e. The van der Waals surface area contributed by atoms with Gasteiger partial charge in [-0.15, -0.1) is 10.2 Å². The van der Waals surface area contributed by atoms with Crippen LogP contribution in [0, 0.1) is 0 Å². The zero-order chi connectivity index (χ0) is 16.4. The van der Waals surface area contributed by atoms with Gasteiger partial charge in [-0.1, -0.05) is 38.1 Å². The first kappa shape index (κ1) is 15.7. The average Bonchev–Trinajstić information content (AvgIpc) is 2.93. The topological polar surface area (TPSA) is 69.0 Å². The van der Waals surface area contributed by atoms with Gasteiger partial charge in [-0.05, 0) is 17.5 Å². The Labute approximate surface area is 135 Å². The molecular weight excluding hydrogens is 292 g/mol. The van der Waals surface area contributed by atoms with E-state index in [1.54, 1.807) is 0 Å². The van der Waals surface area contributed by atoms with Gasteiger partial charge in [0.05, 0.1) is 13.2 Å². The van der Waals surface area contributed by atoms with Crippen molar-refractivity contribution in [1.82, 2.24) is 20.1 Å². The fourth-order valence-electron chi connectivity index (χ4n) is 2.90. The minimum Gasteiger partial charge on any atom is -0.363 e. The van der Waals surface area contributed by atoms with Gasteiger partial charge in [-0.3, -0.25) is 4.79 Å². The van der Waals surface area contributed by atoms with E-state index in [9.17, 15) is 4.79 Å². The minimum absolute atomic E-state index is 0.133. The van der Waals surface area contributed by atoms with E-state index < -0.39 is 6.10 Å². The Morgan fingerprint density at radius 2 is 2.17 bits per heavy atom. The van der Waals surface area contributed by atoms with E-state index in [0.29, 0.717) is 19.1 Å². The smallest absolute Gasteiger partial charge is 0.254 e. The number of hydrogen-bond donors (Lipinski definition) is 1. The van der Waals surface area contributed by atoms with Crippen LogP contribution in [0.25, 0.3) is 0 Å². The van der Waals surface area contributed by atoms with E-state index in [4.69, 9.17) is 4.74 Å². The molecule has 0 saturated heterocycles. The van der Waals surface area contributed by atoms with Gasteiger partial charge in [0.1, 0.15) is 5.82 Å². The number of nitrogens with one attached hydrogen (secondary N) is 1. The normalized spacial score (nSPS) is 17.1. The quantitative estimate of drug-likeness (QED) is 0.935. The maximum atomic E-state index is 12.5. The zero-order valence-electron chi connectivity index (χ0n) is 13.7. The highest BCUT2D eigenvalue weighted by Crippen LogP contribution is 2.27. The van der Waals surface area contributed by atoms with Crippen LogP contribution >= 0.6 is 0 Å². The van der Waals surface area contributed by atoms with Crippen LogP contribution in [0.15, 0.2) is 24.3 Å². The second kappa shape index (κ2) is 6.50. The summed E-state index contributed by atoms with van der Waals surface area (Å²) in [6, 6.07) is 7.94. The van der Waals surface area contributed by atoms with E-state index in [0.717, 1.165) is 23.6 Å². The summed E-state index contributed by atoms with van der Waals surface area (Å²) in [5, 5.41) is 11.2. The molecule has 1 amide bonds. The van der Waals surface area contributed by atoms with Crippen molar-refractivity contribution in [1.29, 1.82) is 0 Å². The summed E-state index contributed by atoms with van der Waals surface area (Å²) in [6.07, 6.45) is 0.304. The van der Waals surface area contributed by atoms with Gasteiger partial charge in [0.2, 0.25) is 0 Å². The van der Waals surface area contributed by atoms with Crippen LogP contribution in [0.2, 0.25) is 0 Å². The van der Waals surface area contributed by atoms with Crippen LogP contribution in [0.4, 0.5) is 0 Å². The van der Waals surface area contributed by atoms with Crippen molar-refractivity contribution in [3.63, 3.8) is 0 Å². The molecule has 1 aliphatic rings. The molecule has 0 radical (unpaired) electrons. The molecular formula is C17H22N4O2. The van der Waals surface area contributed by atoms with Crippen LogP contribution in [0.3, 0.4) is 0 Å². The lowest BCUT2D eigenvalue weighted by atomic mass is 9.97. The molecule has 2 aromatic rings. The molecule has 1 N–H and O–H groups in total. The first-order chi connectivity index (χ1) is 11.1. The van der Waals surface area contributed by atoms with Crippen LogP contribution in [0.1, 0.15) is 48.6 Å². The molecule has 1 aromatic heterocycles. The molecule has 3 rings (SSSR count). The Hall–Kier alpha value is -2.21. The third-order valence-corrected chi connectivity index (χ3v) is 4.17. The fraction of sp³-hybridized carbons (Fsp3) is 0.471. The summed E-state index contributed by atoms with van der Waals surface area (Å²) < 4.78 is 7.60. The number of nitrogens with zero attached hydrogens (tertiary/aromatic N) is 3. The highest BCUT2D eigenvalue weighted by Gasteiger charge is 2.27. The number of fused-ring (bicyclic) bond motifs is 1. The van der Waals surface area contributed by atoms with Crippen molar-refractivity contribution in [2.45, 2.75) is 38.8 Å². The molecule has 122 valence electrons. The monoisotopic (exact) mass is 314 g/mol. The summed E-state index contributed by atoms with van der Waals surface area (Å²) in [4.78, 5) is 12.5. The zero-order valence-corrected chi connectivity index (χ0v) is 13.7. The Morgan fingerprint density at radius 1 is 1.39 bits per heavy atom. The molecule has 6 heteroatoms. The van der Waals surface area contributed by atoms with Gasteiger partial charge in [-0.2, -0.15) is 0 Å². The maximum absolute atomic E-state index is 12.5. The van der Waals surface area contributed by atoms with E-state index >= 15 is 0 Å². The molecule has 0 aliphatic carbocycles. The summed E-state index contributed by atoms with van der Waals surface area (Å²) in [6.45, 7) is 5.05. The van der Waals surface area contributed by atoms with Crippen LogP contribution < -0.4 is 5.32 Å². The van der Waals surface area contributed by atoms with Gasteiger partial charge >= 0.3 is 0 Å². The Morgan fingerprint density at radius 3 is 2.91 bits per heavy atom. The van der Waals surface area contributed by atoms with Crippen molar-refractivity contribution in [2.75, 3.05) is 6.61 Å². The number of amides is 1. The maximum Gasteiger partial charge on any atom is 0.254 e. The number of carbonyl (C=O) groups is 1.